The van der Waals surface area contributed by atoms with Crippen LogP contribution in [-0.2, 0) is 16.0 Å². The van der Waals surface area contributed by atoms with E-state index in [1.807, 2.05) is 6.08 Å². The fourth-order valence-corrected chi connectivity index (χ4v) is 7.65. The minimum atomic E-state index is -0.0828. The van der Waals surface area contributed by atoms with Crippen LogP contribution in [0.1, 0.15) is 64.4 Å². The Morgan fingerprint density at radius 2 is 1.68 bits per heavy atom. The van der Waals surface area contributed by atoms with Gasteiger partial charge < -0.3 is 0 Å². The molecule has 2 nitrogen and oxygen atoms in total. The van der Waals surface area contributed by atoms with Gasteiger partial charge in [-0.3, -0.25) is 9.59 Å². The third-order valence-corrected chi connectivity index (χ3v) is 9.15. The average Bonchev–Trinajstić information content (AvgIpc) is 2.99. The first-order valence-electron chi connectivity index (χ1n) is 11.2. The predicted molar refractivity (Wildman–Crippen MR) is 111 cm³/mol. The molecule has 0 aliphatic heterocycles. The van der Waals surface area contributed by atoms with E-state index in [9.17, 15) is 9.59 Å². The Hall–Kier alpha value is -1.70. The second-order valence-corrected chi connectivity index (χ2v) is 10.4. The van der Waals surface area contributed by atoms with Crippen LogP contribution in [0.2, 0.25) is 0 Å². The highest BCUT2D eigenvalue weighted by Crippen LogP contribution is 2.65. The van der Waals surface area contributed by atoms with Crippen molar-refractivity contribution in [2.24, 2.45) is 34.5 Å². The molecule has 6 atom stereocenters. The Labute approximate surface area is 168 Å². The van der Waals surface area contributed by atoms with Crippen molar-refractivity contribution in [3.05, 3.63) is 47.5 Å². The highest BCUT2D eigenvalue weighted by atomic mass is 16.1. The molecular weight excluding hydrogens is 344 g/mol. The summed E-state index contributed by atoms with van der Waals surface area (Å²) in [7, 11) is 0. The number of Topliss-reactive ketones (excluding diaryl/α,β-unsaturated/α-hetero) is 1. The van der Waals surface area contributed by atoms with Crippen LogP contribution < -0.4 is 0 Å². The molecular formula is C26H32O2. The minimum Gasteiger partial charge on any atom is -0.299 e. The normalized spacial score (nSPS) is 42.4. The topological polar surface area (TPSA) is 34.1 Å². The average molecular weight is 377 g/mol. The number of carbonyl (C=O) groups excluding carboxylic acids is 2. The molecule has 148 valence electrons. The van der Waals surface area contributed by atoms with Crippen molar-refractivity contribution < 1.29 is 9.59 Å². The number of hydrogen-bond donors (Lipinski definition) is 0. The summed E-state index contributed by atoms with van der Waals surface area (Å²) in [5.74, 6) is 3.10. The van der Waals surface area contributed by atoms with E-state index in [2.05, 4.69) is 44.2 Å². The summed E-state index contributed by atoms with van der Waals surface area (Å²) in [6.07, 6.45) is 9.98. The van der Waals surface area contributed by atoms with Crippen molar-refractivity contribution in [1.82, 2.24) is 0 Å². The first kappa shape index (κ1) is 18.3. The summed E-state index contributed by atoms with van der Waals surface area (Å²) in [4.78, 5) is 25.1. The van der Waals surface area contributed by atoms with Crippen LogP contribution in [0.5, 0.6) is 0 Å². The Kier molecular flexibility index (Phi) is 4.19. The van der Waals surface area contributed by atoms with Crippen LogP contribution in [0.4, 0.5) is 0 Å². The van der Waals surface area contributed by atoms with Crippen molar-refractivity contribution in [2.45, 2.75) is 65.2 Å². The van der Waals surface area contributed by atoms with Gasteiger partial charge in [-0.1, -0.05) is 49.8 Å². The molecule has 0 radical (unpaired) electrons. The highest BCUT2D eigenvalue weighted by molar-refractivity contribution is 5.92. The van der Waals surface area contributed by atoms with Crippen LogP contribution in [0, 0.1) is 34.5 Å². The lowest BCUT2D eigenvalue weighted by atomic mass is 9.45. The Balaban J connectivity index is 1.55. The second kappa shape index (κ2) is 6.40. The lowest BCUT2D eigenvalue weighted by Crippen LogP contribution is -2.53. The summed E-state index contributed by atoms with van der Waals surface area (Å²) >= 11 is 0. The van der Waals surface area contributed by atoms with Crippen molar-refractivity contribution >= 4 is 11.6 Å². The molecule has 0 spiro atoms. The monoisotopic (exact) mass is 376 g/mol. The van der Waals surface area contributed by atoms with E-state index >= 15 is 0 Å². The number of carbonyl (C=O) groups is 2. The fourth-order valence-electron chi connectivity index (χ4n) is 7.65. The van der Waals surface area contributed by atoms with E-state index in [4.69, 9.17) is 0 Å². The lowest BCUT2D eigenvalue weighted by Gasteiger charge is -2.59. The van der Waals surface area contributed by atoms with Gasteiger partial charge in [0.2, 0.25) is 0 Å². The van der Waals surface area contributed by atoms with Gasteiger partial charge in [0.1, 0.15) is 5.78 Å². The van der Waals surface area contributed by atoms with Crippen LogP contribution in [0.25, 0.3) is 0 Å². The number of benzene rings is 1. The van der Waals surface area contributed by atoms with Crippen LogP contribution in [-0.4, -0.2) is 11.6 Å². The zero-order valence-corrected chi connectivity index (χ0v) is 17.2. The molecule has 3 fully saturated rings. The van der Waals surface area contributed by atoms with Crippen molar-refractivity contribution in [2.75, 3.05) is 0 Å². The van der Waals surface area contributed by atoms with Crippen LogP contribution in [0.3, 0.4) is 0 Å². The zero-order valence-electron chi connectivity index (χ0n) is 17.2. The van der Waals surface area contributed by atoms with Gasteiger partial charge in [-0.05, 0) is 79.3 Å². The molecule has 4 aliphatic rings. The van der Waals surface area contributed by atoms with Crippen molar-refractivity contribution in [1.29, 1.82) is 0 Å². The summed E-state index contributed by atoms with van der Waals surface area (Å²) in [6.45, 7) is 4.70. The molecule has 0 amide bonds. The van der Waals surface area contributed by atoms with Crippen molar-refractivity contribution in [3.63, 3.8) is 0 Å². The largest absolute Gasteiger partial charge is 0.299 e. The van der Waals surface area contributed by atoms with Gasteiger partial charge in [-0.25, -0.2) is 0 Å². The predicted octanol–water partition coefficient (Wildman–Crippen LogP) is 5.56. The molecule has 3 saturated carbocycles. The van der Waals surface area contributed by atoms with E-state index in [-0.39, 0.29) is 10.8 Å². The molecule has 5 rings (SSSR count). The minimum absolute atomic E-state index is 0.0828. The van der Waals surface area contributed by atoms with Gasteiger partial charge >= 0.3 is 0 Å². The molecule has 0 N–H and O–H groups in total. The third kappa shape index (κ3) is 2.60. The number of allylic oxidation sites excluding steroid dienone is 1. The highest BCUT2D eigenvalue weighted by Gasteiger charge is 2.60. The first-order valence-corrected chi connectivity index (χ1v) is 11.2. The lowest BCUT2D eigenvalue weighted by molar-refractivity contribution is -0.133. The maximum absolute atomic E-state index is 12.7. The summed E-state index contributed by atoms with van der Waals surface area (Å²) in [6, 6.07) is 10.8. The maximum atomic E-state index is 12.7. The number of rotatable bonds is 2. The van der Waals surface area contributed by atoms with Gasteiger partial charge in [0.05, 0.1) is 0 Å². The van der Waals surface area contributed by atoms with Crippen molar-refractivity contribution in [3.8, 4) is 0 Å². The molecule has 0 unspecified atom stereocenters. The van der Waals surface area contributed by atoms with Gasteiger partial charge in [-0.2, -0.15) is 0 Å². The summed E-state index contributed by atoms with van der Waals surface area (Å²) in [5, 5.41) is 0. The van der Waals surface area contributed by atoms with Gasteiger partial charge in [-0.15, -0.1) is 0 Å². The molecule has 0 aromatic heterocycles. The number of hydrogen-bond acceptors (Lipinski definition) is 2. The van der Waals surface area contributed by atoms with Gasteiger partial charge in [0.15, 0.2) is 5.78 Å². The quantitative estimate of drug-likeness (QED) is 0.677. The number of ketones is 2. The number of fused-ring (bicyclic) bond motifs is 5. The standard InChI is InChI=1S/C26H32O2/c1-25-12-10-19(27)16-23(25)18(14-17-6-4-3-5-7-17)15-20-21-8-9-24(28)26(21,2)13-11-22(20)25/h3-7,16,18,20-22H,8-15H2,1-2H3/t18-,20+,21+,22+,25-,26+/m1/s1. The van der Waals surface area contributed by atoms with Crippen LogP contribution in [0.15, 0.2) is 42.0 Å². The van der Waals surface area contributed by atoms with Gasteiger partial charge in [0, 0.05) is 18.3 Å². The Bertz CT molecular complexity index is 837. The molecule has 0 heterocycles. The van der Waals surface area contributed by atoms with E-state index in [1.54, 1.807) is 0 Å². The molecule has 4 aliphatic carbocycles. The van der Waals surface area contributed by atoms with E-state index in [0.717, 1.165) is 44.9 Å². The molecule has 1 aromatic rings. The fraction of sp³-hybridized carbons (Fsp3) is 0.615. The molecule has 28 heavy (non-hydrogen) atoms. The van der Waals surface area contributed by atoms with Gasteiger partial charge in [0.25, 0.3) is 0 Å². The SMILES string of the molecule is C[C@]12CCC(=O)C=C1[C@H](Cc1ccccc1)C[C@@H]1[C@@H]2CC[C@]2(C)C(=O)CC[C@@H]12. The van der Waals surface area contributed by atoms with Crippen LogP contribution >= 0.6 is 0 Å². The maximum Gasteiger partial charge on any atom is 0.155 e. The van der Waals surface area contributed by atoms with E-state index in [0.29, 0.717) is 41.7 Å². The van der Waals surface area contributed by atoms with E-state index < -0.39 is 0 Å². The smallest absolute Gasteiger partial charge is 0.155 e. The molecule has 0 saturated heterocycles. The third-order valence-electron chi connectivity index (χ3n) is 9.15. The molecule has 2 heteroatoms. The Morgan fingerprint density at radius 1 is 0.929 bits per heavy atom. The summed E-state index contributed by atoms with van der Waals surface area (Å²) < 4.78 is 0. The summed E-state index contributed by atoms with van der Waals surface area (Å²) in [5.41, 5.74) is 2.86. The first-order chi connectivity index (χ1) is 13.4. The zero-order chi connectivity index (χ0) is 19.5. The Morgan fingerprint density at radius 3 is 2.46 bits per heavy atom. The van der Waals surface area contributed by atoms with E-state index in [1.165, 1.54) is 11.1 Å². The molecule has 0 bridgehead atoms. The second-order valence-electron chi connectivity index (χ2n) is 10.4. The molecule has 1 aromatic carbocycles.